The molecule has 0 aliphatic carbocycles. The number of rotatable bonds is 3. The average molecular weight is 328 g/mol. The van der Waals surface area contributed by atoms with Gasteiger partial charge in [0.2, 0.25) is 12.7 Å². The van der Waals surface area contributed by atoms with Gasteiger partial charge in [0.15, 0.2) is 11.5 Å². The molecular formula is C15H18ClNO3S. The predicted molar refractivity (Wildman–Crippen MR) is 84.3 cm³/mol. The topological polar surface area (TPSA) is 38.8 Å². The van der Waals surface area contributed by atoms with Crippen molar-refractivity contribution in [3.63, 3.8) is 0 Å². The van der Waals surface area contributed by atoms with Crippen LogP contribution in [-0.2, 0) is 4.79 Å². The lowest BCUT2D eigenvalue weighted by Gasteiger charge is -2.19. The molecule has 0 bridgehead atoms. The summed E-state index contributed by atoms with van der Waals surface area (Å²) in [7, 11) is 0. The minimum absolute atomic E-state index is 0.164. The van der Waals surface area contributed by atoms with Crippen LogP contribution in [-0.4, -0.2) is 42.3 Å². The fraction of sp³-hybridized carbons (Fsp3) is 0.533. The molecule has 2 aliphatic heterocycles. The Bertz CT molecular complexity index is 526. The number of carbonyl (C=O) groups excluding carboxylic acids is 1. The Hall–Kier alpha value is -1.07. The maximum Gasteiger partial charge on any atom is 0.231 e. The minimum atomic E-state index is 0.164. The first-order valence-corrected chi connectivity index (χ1v) is 8.71. The molecule has 4 nitrogen and oxygen atoms in total. The van der Waals surface area contributed by atoms with E-state index in [0.29, 0.717) is 24.3 Å². The smallest absolute Gasteiger partial charge is 0.231 e. The molecule has 1 aromatic carbocycles. The number of alkyl halides is 1. The first-order valence-electron chi connectivity index (χ1n) is 7.13. The minimum Gasteiger partial charge on any atom is -0.454 e. The summed E-state index contributed by atoms with van der Waals surface area (Å²) >= 11 is 7.56. The molecule has 1 aromatic rings. The van der Waals surface area contributed by atoms with E-state index in [2.05, 4.69) is 12.1 Å². The van der Waals surface area contributed by atoms with Crippen molar-refractivity contribution in [2.45, 2.75) is 18.1 Å². The van der Waals surface area contributed by atoms with Crippen molar-refractivity contribution in [3.05, 3.63) is 23.8 Å². The highest BCUT2D eigenvalue weighted by Crippen LogP contribution is 2.40. The van der Waals surface area contributed by atoms with Gasteiger partial charge in [-0.1, -0.05) is 6.07 Å². The molecule has 1 amide bonds. The highest BCUT2D eigenvalue weighted by atomic mass is 35.5. The Balaban J connectivity index is 1.66. The van der Waals surface area contributed by atoms with Crippen LogP contribution in [0.5, 0.6) is 11.5 Å². The van der Waals surface area contributed by atoms with Crippen molar-refractivity contribution in [3.8, 4) is 11.5 Å². The molecule has 1 fully saturated rings. The molecule has 2 heterocycles. The van der Waals surface area contributed by atoms with E-state index in [4.69, 9.17) is 21.1 Å². The number of fused-ring (bicyclic) bond motifs is 1. The lowest BCUT2D eigenvalue weighted by molar-refractivity contribution is -0.130. The molecule has 0 radical (unpaired) electrons. The van der Waals surface area contributed by atoms with Crippen molar-refractivity contribution in [1.29, 1.82) is 0 Å². The predicted octanol–water partition coefficient (Wildman–Crippen LogP) is 3.05. The van der Waals surface area contributed by atoms with Crippen LogP contribution in [0.15, 0.2) is 18.2 Å². The van der Waals surface area contributed by atoms with Crippen LogP contribution in [0.2, 0.25) is 0 Å². The van der Waals surface area contributed by atoms with Crippen molar-refractivity contribution in [2.75, 3.05) is 31.5 Å². The summed E-state index contributed by atoms with van der Waals surface area (Å²) in [4.78, 5) is 13.9. The van der Waals surface area contributed by atoms with Crippen molar-refractivity contribution >= 4 is 29.3 Å². The van der Waals surface area contributed by atoms with Gasteiger partial charge in [0.25, 0.3) is 0 Å². The van der Waals surface area contributed by atoms with Gasteiger partial charge in [0.1, 0.15) is 0 Å². The molecule has 21 heavy (non-hydrogen) atoms. The summed E-state index contributed by atoms with van der Waals surface area (Å²) in [5, 5.41) is 0.397. The maximum absolute atomic E-state index is 11.9. The fourth-order valence-electron chi connectivity index (χ4n) is 2.64. The number of amides is 1. The van der Waals surface area contributed by atoms with Crippen LogP contribution >= 0.6 is 23.4 Å². The fourth-order valence-corrected chi connectivity index (χ4v) is 4.02. The number of hydrogen-bond donors (Lipinski definition) is 0. The average Bonchev–Trinajstić information content (AvgIpc) is 2.82. The zero-order valence-corrected chi connectivity index (χ0v) is 13.3. The highest BCUT2D eigenvalue weighted by Gasteiger charge is 2.23. The lowest BCUT2D eigenvalue weighted by atomic mass is 10.1. The second kappa shape index (κ2) is 6.79. The van der Waals surface area contributed by atoms with E-state index in [9.17, 15) is 4.79 Å². The van der Waals surface area contributed by atoms with E-state index in [0.717, 1.165) is 36.8 Å². The normalized spacial score (nSPS) is 21.2. The van der Waals surface area contributed by atoms with E-state index < -0.39 is 0 Å². The molecule has 3 rings (SSSR count). The van der Waals surface area contributed by atoms with Crippen LogP contribution in [0.1, 0.15) is 23.7 Å². The molecule has 1 atom stereocenters. The second-order valence-electron chi connectivity index (χ2n) is 5.08. The summed E-state index contributed by atoms with van der Waals surface area (Å²) in [6, 6.07) is 6.14. The molecule has 0 spiro atoms. The molecule has 0 saturated carbocycles. The van der Waals surface area contributed by atoms with Gasteiger partial charge in [0, 0.05) is 36.4 Å². The SMILES string of the molecule is O=C(CCCl)N1CCSC(c2ccc3c(c2)OCO3)CC1. The van der Waals surface area contributed by atoms with E-state index in [1.807, 2.05) is 22.7 Å². The molecular weight excluding hydrogens is 310 g/mol. The molecule has 0 aromatic heterocycles. The lowest BCUT2D eigenvalue weighted by Crippen LogP contribution is -2.33. The Labute approximate surface area is 133 Å². The third kappa shape index (κ3) is 3.40. The Morgan fingerprint density at radius 2 is 2.19 bits per heavy atom. The van der Waals surface area contributed by atoms with E-state index in [1.54, 1.807) is 0 Å². The first-order chi connectivity index (χ1) is 10.3. The van der Waals surface area contributed by atoms with Crippen LogP contribution < -0.4 is 9.47 Å². The van der Waals surface area contributed by atoms with E-state index in [-0.39, 0.29) is 5.91 Å². The summed E-state index contributed by atoms with van der Waals surface area (Å²) in [6.45, 7) is 1.90. The van der Waals surface area contributed by atoms with Gasteiger partial charge < -0.3 is 14.4 Å². The number of thioether (sulfide) groups is 1. The van der Waals surface area contributed by atoms with Gasteiger partial charge in [-0.25, -0.2) is 0 Å². The summed E-state index contributed by atoms with van der Waals surface area (Å²) in [5.41, 5.74) is 1.25. The van der Waals surface area contributed by atoms with Gasteiger partial charge in [-0.2, -0.15) is 11.8 Å². The Morgan fingerprint density at radius 1 is 1.33 bits per heavy atom. The molecule has 1 saturated heterocycles. The quantitative estimate of drug-likeness (QED) is 0.800. The van der Waals surface area contributed by atoms with Gasteiger partial charge in [-0.15, -0.1) is 11.6 Å². The van der Waals surface area contributed by atoms with Crippen molar-refractivity contribution in [1.82, 2.24) is 4.90 Å². The molecule has 0 N–H and O–H groups in total. The van der Waals surface area contributed by atoms with E-state index >= 15 is 0 Å². The van der Waals surface area contributed by atoms with Crippen LogP contribution in [0.4, 0.5) is 0 Å². The van der Waals surface area contributed by atoms with Gasteiger partial charge >= 0.3 is 0 Å². The van der Waals surface area contributed by atoms with E-state index in [1.165, 1.54) is 5.56 Å². The summed E-state index contributed by atoms with van der Waals surface area (Å²) < 4.78 is 10.8. The maximum atomic E-state index is 11.9. The first kappa shape index (κ1) is 14.9. The van der Waals surface area contributed by atoms with Crippen molar-refractivity contribution < 1.29 is 14.3 Å². The number of ether oxygens (including phenoxy) is 2. The summed E-state index contributed by atoms with van der Waals surface area (Å²) in [6.07, 6.45) is 1.39. The zero-order valence-electron chi connectivity index (χ0n) is 11.7. The van der Waals surface area contributed by atoms with Crippen LogP contribution in [0, 0.1) is 0 Å². The third-order valence-electron chi connectivity index (χ3n) is 3.77. The number of hydrogen-bond acceptors (Lipinski definition) is 4. The molecule has 1 unspecified atom stereocenters. The van der Waals surface area contributed by atoms with Gasteiger partial charge in [0.05, 0.1) is 0 Å². The number of carbonyl (C=O) groups is 1. The highest BCUT2D eigenvalue weighted by molar-refractivity contribution is 7.99. The van der Waals surface area contributed by atoms with Gasteiger partial charge in [-0.3, -0.25) is 4.79 Å². The largest absolute Gasteiger partial charge is 0.454 e. The number of halogens is 1. The zero-order chi connectivity index (χ0) is 14.7. The molecule has 114 valence electrons. The van der Waals surface area contributed by atoms with Gasteiger partial charge in [-0.05, 0) is 24.1 Å². The monoisotopic (exact) mass is 327 g/mol. The molecule has 6 heteroatoms. The number of benzene rings is 1. The standard InChI is InChI=1S/C15H18ClNO3S/c16-5-3-15(18)17-6-4-14(21-8-7-17)11-1-2-12-13(9-11)20-10-19-12/h1-2,9,14H,3-8,10H2. The Kier molecular flexibility index (Phi) is 4.80. The third-order valence-corrected chi connectivity index (χ3v) is 5.29. The van der Waals surface area contributed by atoms with Crippen LogP contribution in [0.3, 0.4) is 0 Å². The second-order valence-corrected chi connectivity index (χ2v) is 6.77. The number of nitrogens with zero attached hydrogens (tertiary/aromatic N) is 1. The van der Waals surface area contributed by atoms with Crippen molar-refractivity contribution in [2.24, 2.45) is 0 Å². The van der Waals surface area contributed by atoms with Crippen LogP contribution in [0.25, 0.3) is 0 Å². The molecule has 2 aliphatic rings. The Morgan fingerprint density at radius 3 is 3.05 bits per heavy atom. The summed E-state index contributed by atoms with van der Waals surface area (Å²) in [5.74, 6) is 3.15.